The van der Waals surface area contributed by atoms with Crippen LogP contribution in [0.1, 0.15) is 27.6 Å². The summed E-state index contributed by atoms with van der Waals surface area (Å²) in [5.41, 5.74) is 2.87. The van der Waals surface area contributed by atoms with Crippen LogP contribution in [0.4, 0.5) is 0 Å². The Hall–Kier alpha value is -2.51. The summed E-state index contributed by atoms with van der Waals surface area (Å²) < 4.78 is 24.1. The van der Waals surface area contributed by atoms with Crippen molar-refractivity contribution in [3.8, 4) is 0 Å². The van der Waals surface area contributed by atoms with Crippen molar-refractivity contribution in [2.75, 3.05) is 0 Å². The van der Waals surface area contributed by atoms with E-state index in [4.69, 9.17) is 0 Å². The first-order chi connectivity index (χ1) is 10.4. The quantitative estimate of drug-likeness (QED) is 0.645. The molecule has 6 nitrogen and oxygen atoms in total. The van der Waals surface area contributed by atoms with Crippen molar-refractivity contribution in [2.24, 2.45) is 0 Å². The number of benzene rings is 2. The molecule has 0 saturated carbocycles. The van der Waals surface area contributed by atoms with Crippen LogP contribution in [0.15, 0.2) is 59.5 Å². The molecule has 0 aliphatic rings. The SMILES string of the molecule is CC(=O)c1ccc(S(=O)(=O)NNC(=O)c2ccccc2)cc1. The zero-order valence-electron chi connectivity index (χ0n) is 11.7. The van der Waals surface area contributed by atoms with E-state index in [1.54, 1.807) is 30.3 Å². The van der Waals surface area contributed by atoms with E-state index in [1.165, 1.54) is 31.2 Å². The number of Topliss-reactive ketones (excluding diaryl/α,β-unsaturated/α-hetero) is 1. The zero-order valence-corrected chi connectivity index (χ0v) is 12.6. The van der Waals surface area contributed by atoms with Crippen LogP contribution in [-0.4, -0.2) is 20.1 Å². The molecule has 2 rings (SSSR count). The van der Waals surface area contributed by atoms with E-state index in [9.17, 15) is 18.0 Å². The third-order valence-electron chi connectivity index (χ3n) is 2.91. The van der Waals surface area contributed by atoms with Crippen LogP contribution >= 0.6 is 0 Å². The number of hydrazine groups is 1. The van der Waals surface area contributed by atoms with Gasteiger partial charge in [-0.05, 0) is 31.2 Å². The van der Waals surface area contributed by atoms with Gasteiger partial charge in [0.25, 0.3) is 15.9 Å². The Kier molecular flexibility index (Phi) is 4.69. The average molecular weight is 318 g/mol. The first kappa shape index (κ1) is 15.9. The summed E-state index contributed by atoms with van der Waals surface area (Å²) in [6.07, 6.45) is 0. The maximum Gasteiger partial charge on any atom is 0.266 e. The van der Waals surface area contributed by atoms with Crippen molar-refractivity contribution in [1.82, 2.24) is 10.3 Å². The molecular formula is C15H14N2O4S. The molecule has 0 atom stereocenters. The minimum absolute atomic E-state index is 0.0501. The fraction of sp³-hybridized carbons (Fsp3) is 0.0667. The number of carbonyl (C=O) groups is 2. The fourth-order valence-electron chi connectivity index (χ4n) is 1.70. The number of hydrogen-bond donors (Lipinski definition) is 2. The second kappa shape index (κ2) is 6.50. The van der Waals surface area contributed by atoms with Crippen LogP contribution < -0.4 is 10.3 Å². The Labute approximate surface area is 128 Å². The van der Waals surface area contributed by atoms with Crippen molar-refractivity contribution < 1.29 is 18.0 Å². The predicted octanol–water partition coefficient (Wildman–Crippen LogP) is 1.51. The highest BCUT2D eigenvalue weighted by Crippen LogP contribution is 2.10. The van der Waals surface area contributed by atoms with Crippen molar-refractivity contribution in [3.63, 3.8) is 0 Å². The van der Waals surface area contributed by atoms with Gasteiger partial charge in [-0.3, -0.25) is 15.0 Å². The molecule has 7 heteroatoms. The normalized spacial score (nSPS) is 11.0. The number of rotatable bonds is 5. The van der Waals surface area contributed by atoms with Crippen LogP contribution in [0.5, 0.6) is 0 Å². The Morgan fingerprint density at radius 1 is 0.864 bits per heavy atom. The summed E-state index contributed by atoms with van der Waals surface area (Å²) in [5, 5.41) is 0. The summed E-state index contributed by atoms with van der Waals surface area (Å²) >= 11 is 0. The van der Waals surface area contributed by atoms with Gasteiger partial charge in [0.15, 0.2) is 5.78 Å². The van der Waals surface area contributed by atoms with Crippen LogP contribution in [0.25, 0.3) is 0 Å². The first-order valence-corrected chi connectivity index (χ1v) is 7.87. The van der Waals surface area contributed by atoms with E-state index in [1.807, 2.05) is 4.83 Å². The lowest BCUT2D eigenvalue weighted by molar-refractivity contribution is 0.0944. The summed E-state index contributed by atoms with van der Waals surface area (Å²) in [4.78, 5) is 24.9. The number of ketones is 1. The van der Waals surface area contributed by atoms with E-state index >= 15 is 0 Å². The van der Waals surface area contributed by atoms with Gasteiger partial charge in [-0.25, -0.2) is 8.42 Å². The third kappa shape index (κ3) is 3.78. The Morgan fingerprint density at radius 2 is 1.45 bits per heavy atom. The number of hydrogen-bond acceptors (Lipinski definition) is 4. The lowest BCUT2D eigenvalue weighted by Gasteiger charge is -2.08. The molecule has 0 aromatic heterocycles. The van der Waals surface area contributed by atoms with E-state index in [-0.39, 0.29) is 10.7 Å². The van der Waals surface area contributed by atoms with Gasteiger partial charge in [0.1, 0.15) is 0 Å². The monoisotopic (exact) mass is 318 g/mol. The van der Waals surface area contributed by atoms with Gasteiger partial charge in [0.05, 0.1) is 4.90 Å². The summed E-state index contributed by atoms with van der Waals surface area (Å²) in [6.45, 7) is 1.39. The maximum atomic E-state index is 12.0. The largest absolute Gasteiger partial charge is 0.295 e. The zero-order chi connectivity index (χ0) is 16.2. The smallest absolute Gasteiger partial charge is 0.266 e. The van der Waals surface area contributed by atoms with Crippen LogP contribution in [0, 0.1) is 0 Å². The first-order valence-electron chi connectivity index (χ1n) is 6.38. The lowest BCUT2D eigenvalue weighted by Crippen LogP contribution is -2.41. The molecule has 2 aromatic rings. The molecule has 0 heterocycles. The summed E-state index contributed by atoms with van der Waals surface area (Å²) in [5.74, 6) is -0.723. The van der Waals surface area contributed by atoms with Gasteiger partial charge >= 0.3 is 0 Å². The molecular weight excluding hydrogens is 304 g/mol. The third-order valence-corrected chi connectivity index (χ3v) is 4.17. The minimum Gasteiger partial charge on any atom is -0.295 e. The molecule has 0 spiro atoms. The topological polar surface area (TPSA) is 92.3 Å². The molecule has 114 valence electrons. The molecule has 0 saturated heterocycles. The molecule has 0 bridgehead atoms. The molecule has 2 N–H and O–H groups in total. The van der Waals surface area contributed by atoms with Crippen molar-refractivity contribution in [3.05, 3.63) is 65.7 Å². The molecule has 0 fully saturated rings. The molecule has 22 heavy (non-hydrogen) atoms. The van der Waals surface area contributed by atoms with Gasteiger partial charge in [0, 0.05) is 11.1 Å². The van der Waals surface area contributed by atoms with Crippen LogP contribution in [0.3, 0.4) is 0 Å². The van der Waals surface area contributed by atoms with Crippen molar-refractivity contribution >= 4 is 21.7 Å². The second-order valence-electron chi connectivity index (χ2n) is 4.51. The average Bonchev–Trinajstić information content (AvgIpc) is 2.53. The standard InChI is InChI=1S/C15H14N2O4S/c1-11(18)12-7-9-14(10-8-12)22(20,21)17-16-15(19)13-5-3-2-4-6-13/h2-10,17H,1H3,(H,16,19). The fourth-order valence-corrected chi connectivity index (χ4v) is 2.54. The highest BCUT2D eigenvalue weighted by Gasteiger charge is 2.15. The highest BCUT2D eigenvalue weighted by atomic mass is 32.2. The summed E-state index contributed by atoms with van der Waals surface area (Å²) in [6, 6.07) is 13.6. The van der Waals surface area contributed by atoms with E-state index < -0.39 is 15.9 Å². The molecule has 0 aliphatic carbocycles. The van der Waals surface area contributed by atoms with Crippen molar-refractivity contribution in [2.45, 2.75) is 11.8 Å². The molecule has 2 aromatic carbocycles. The van der Waals surface area contributed by atoms with Crippen LogP contribution in [0.2, 0.25) is 0 Å². The number of amides is 1. The van der Waals surface area contributed by atoms with E-state index in [0.29, 0.717) is 11.1 Å². The number of nitrogens with one attached hydrogen (secondary N) is 2. The van der Waals surface area contributed by atoms with Crippen LogP contribution in [-0.2, 0) is 10.0 Å². The number of carbonyl (C=O) groups excluding carboxylic acids is 2. The van der Waals surface area contributed by atoms with Gasteiger partial charge in [-0.1, -0.05) is 30.3 Å². The highest BCUT2D eigenvalue weighted by molar-refractivity contribution is 7.89. The Morgan fingerprint density at radius 3 is 2.00 bits per heavy atom. The Balaban J connectivity index is 2.08. The van der Waals surface area contributed by atoms with Gasteiger partial charge < -0.3 is 0 Å². The minimum atomic E-state index is -3.90. The Bertz CT molecular complexity index is 784. The van der Waals surface area contributed by atoms with Gasteiger partial charge in [-0.2, -0.15) is 0 Å². The maximum absolute atomic E-state index is 12.0. The molecule has 1 amide bonds. The number of sulfonamides is 1. The molecule has 0 radical (unpaired) electrons. The van der Waals surface area contributed by atoms with Crippen molar-refractivity contribution in [1.29, 1.82) is 0 Å². The second-order valence-corrected chi connectivity index (χ2v) is 6.19. The molecule has 0 aliphatic heterocycles. The van der Waals surface area contributed by atoms with E-state index in [0.717, 1.165) is 0 Å². The van der Waals surface area contributed by atoms with Gasteiger partial charge in [-0.15, -0.1) is 4.83 Å². The van der Waals surface area contributed by atoms with E-state index in [2.05, 4.69) is 5.43 Å². The summed E-state index contributed by atoms with van der Waals surface area (Å²) in [7, 11) is -3.90. The lowest BCUT2D eigenvalue weighted by atomic mass is 10.2. The van der Waals surface area contributed by atoms with Gasteiger partial charge in [0.2, 0.25) is 0 Å². The predicted molar refractivity (Wildman–Crippen MR) is 80.7 cm³/mol. The molecule has 0 unspecified atom stereocenters.